The predicted molar refractivity (Wildman–Crippen MR) is 107 cm³/mol. The standard InChI is InChI=1S/C20H31N3O4S/c1-19-4-3-15(25)20(2,11-24)14(19)10-13-17(22-18(21)28-13)12(19)9-16(26)23-5-7-27-8-6-23/h12,14-15,24-25H,3-11H2,1-2H3,(H2,21,22). The Bertz CT molecular complexity index is 750. The largest absolute Gasteiger partial charge is 0.396 e. The molecule has 5 atom stereocenters. The van der Waals surface area contributed by atoms with Crippen LogP contribution in [0.2, 0.25) is 0 Å². The molecule has 5 unspecified atom stereocenters. The van der Waals surface area contributed by atoms with Gasteiger partial charge in [0.1, 0.15) is 0 Å². The van der Waals surface area contributed by atoms with E-state index in [4.69, 9.17) is 10.5 Å². The highest BCUT2D eigenvalue weighted by atomic mass is 32.1. The van der Waals surface area contributed by atoms with Gasteiger partial charge in [0, 0.05) is 35.7 Å². The summed E-state index contributed by atoms with van der Waals surface area (Å²) >= 11 is 1.48. The van der Waals surface area contributed by atoms with Gasteiger partial charge in [-0.3, -0.25) is 4.79 Å². The lowest BCUT2D eigenvalue weighted by atomic mass is 9.47. The molecule has 4 N–H and O–H groups in total. The molecule has 1 amide bonds. The van der Waals surface area contributed by atoms with E-state index in [2.05, 4.69) is 11.9 Å². The van der Waals surface area contributed by atoms with Crippen molar-refractivity contribution in [2.45, 2.75) is 51.6 Å². The Labute approximate surface area is 169 Å². The zero-order valence-electron chi connectivity index (χ0n) is 16.7. The van der Waals surface area contributed by atoms with Crippen LogP contribution in [0.4, 0.5) is 5.13 Å². The summed E-state index contributed by atoms with van der Waals surface area (Å²) in [6.07, 6.45) is 2.03. The molecule has 2 aliphatic carbocycles. The van der Waals surface area contributed by atoms with Crippen LogP contribution >= 0.6 is 11.3 Å². The molecule has 2 heterocycles. The molecule has 1 aromatic rings. The molecule has 1 saturated heterocycles. The van der Waals surface area contributed by atoms with Crippen LogP contribution in [-0.2, 0) is 16.0 Å². The van der Waals surface area contributed by atoms with Gasteiger partial charge in [0.15, 0.2) is 5.13 Å². The number of aliphatic hydroxyl groups excluding tert-OH is 2. The predicted octanol–water partition coefficient (Wildman–Crippen LogP) is 1.39. The third kappa shape index (κ3) is 3.05. The smallest absolute Gasteiger partial charge is 0.223 e. The van der Waals surface area contributed by atoms with Crippen molar-refractivity contribution in [1.82, 2.24) is 9.88 Å². The fourth-order valence-corrected chi connectivity index (χ4v) is 6.72. The number of aromatic nitrogens is 1. The van der Waals surface area contributed by atoms with E-state index in [9.17, 15) is 15.0 Å². The number of aliphatic hydroxyl groups is 2. The maximum absolute atomic E-state index is 13.1. The van der Waals surface area contributed by atoms with Gasteiger partial charge in [-0.2, -0.15) is 0 Å². The van der Waals surface area contributed by atoms with Gasteiger partial charge in [-0.1, -0.05) is 13.8 Å². The maximum Gasteiger partial charge on any atom is 0.223 e. The number of carbonyl (C=O) groups excluding carboxylic acids is 1. The molecule has 0 aromatic carbocycles. The van der Waals surface area contributed by atoms with Gasteiger partial charge in [-0.25, -0.2) is 4.98 Å². The molecular formula is C20H31N3O4S. The monoisotopic (exact) mass is 409 g/mol. The summed E-state index contributed by atoms with van der Waals surface area (Å²) in [5.41, 5.74) is 6.20. The van der Waals surface area contributed by atoms with Crippen molar-refractivity contribution < 1.29 is 19.7 Å². The Morgan fingerprint density at radius 2 is 2.11 bits per heavy atom. The molecule has 7 nitrogen and oxygen atoms in total. The fraction of sp³-hybridized carbons (Fsp3) is 0.800. The van der Waals surface area contributed by atoms with Crippen molar-refractivity contribution in [3.63, 3.8) is 0 Å². The quantitative estimate of drug-likeness (QED) is 0.696. The van der Waals surface area contributed by atoms with Crippen molar-refractivity contribution in [3.8, 4) is 0 Å². The van der Waals surface area contributed by atoms with Crippen LogP contribution in [0.25, 0.3) is 0 Å². The molecule has 1 saturated carbocycles. The van der Waals surface area contributed by atoms with Crippen LogP contribution in [0.15, 0.2) is 0 Å². The summed E-state index contributed by atoms with van der Waals surface area (Å²) in [6.45, 7) is 6.56. The Balaban J connectivity index is 1.71. The molecule has 1 aromatic heterocycles. The number of morpholine rings is 1. The van der Waals surface area contributed by atoms with Crippen molar-refractivity contribution in [2.75, 3.05) is 38.6 Å². The number of rotatable bonds is 3. The molecule has 4 rings (SSSR count). The molecule has 0 bridgehead atoms. The van der Waals surface area contributed by atoms with Gasteiger partial charge in [-0.05, 0) is 30.6 Å². The highest BCUT2D eigenvalue weighted by Gasteiger charge is 2.59. The number of ether oxygens (including phenoxy) is 1. The molecule has 156 valence electrons. The van der Waals surface area contributed by atoms with E-state index in [1.807, 2.05) is 11.8 Å². The van der Waals surface area contributed by atoms with Gasteiger partial charge in [-0.15, -0.1) is 11.3 Å². The van der Waals surface area contributed by atoms with E-state index in [0.717, 1.165) is 23.4 Å². The molecule has 28 heavy (non-hydrogen) atoms. The highest BCUT2D eigenvalue weighted by molar-refractivity contribution is 7.15. The van der Waals surface area contributed by atoms with Crippen molar-refractivity contribution in [2.24, 2.45) is 16.7 Å². The van der Waals surface area contributed by atoms with Crippen molar-refractivity contribution in [1.29, 1.82) is 0 Å². The second-order valence-electron chi connectivity index (χ2n) is 9.09. The molecule has 3 aliphatic rings. The minimum absolute atomic E-state index is 0.0523. The van der Waals surface area contributed by atoms with Gasteiger partial charge < -0.3 is 25.6 Å². The Kier molecular flexibility index (Phi) is 5.18. The van der Waals surface area contributed by atoms with E-state index < -0.39 is 11.5 Å². The summed E-state index contributed by atoms with van der Waals surface area (Å²) in [5.74, 6) is 0.150. The van der Waals surface area contributed by atoms with E-state index in [-0.39, 0.29) is 29.8 Å². The Morgan fingerprint density at radius 1 is 1.39 bits per heavy atom. The van der Waals surface area contributed by atoms with E-state index in [1.54, 1.807) is 0 Å². The van der Waals surface area contributed by atoms with Crippen LogP contribution in [0.1, 0.15) is 49.6 Å². The minimum Gasteiger partial charge on any atom is -0.396 e. The zero-order chi connectivity index (χ0) is 20.1. The molecular weight excluding hydrogens is 378 g/mol. The fourth-order valence-electron chi connectivity index (χ4n) is 5.78. The van der Waals surface area contributed by atoms with Crippen LogP contribution in [0.3, 0.4) is 0 Å². The molecule has 8 heteroatoms. The number of nitrogens with zero attached hydrogens (tertiary/aromatic N) is 2. The summed E-state index contributed by atoms with van der Waals surface area (Å²) in [6, 6.07) is 0. The number of hydrogen-bond donors (Lipinski definition) is 3. The third-order valence-corrected chi connectivity index (χ3v) is 8.58. The first kappa shape index (κ1) is 20.1. The summed E-state index contributed by atoms with van der Waals surface area (Å²) in [4.78, 5) is 20.7. The second-order valence-corrected chi connectivity index (χ2v) is 10.2. The topological polar surface area (TPSA) is 109 Å². The van der Waals surface area contributed by atoms with Crippen LogP contribution < -0.4 is 5.73 Å². The summed E-state index contributed by atoms with van der Waals surface area (Å²) < 4.78 is 5.38. The number of nitrogen functional groups attached to an aromatic ring is 1. The second kappa shape index (κ2) is 7.23. The first-order valence-electron chi connectivity index (χ1n) is 10.2. The average molecular weight is 410 g/mol. The summed E-state index contributed by atoms with van der Waals surface area (Å²) in [7, 11) is 0. The maximum atomic E-state index is 13.1. The van der Waals surface area contributed by atoms with Crippen molar-refractivity contribution in [3.05, 3.63) is 10.6 Å². The van der Waals surface area contributed by atoms with Crippen LogP contribution in [0.5, 0.6) is 0 Å². The number of hydrogen-bond acceptors (Lipinski definition) is 7. The van der Waals surface area contributed by atoms with Crippen LogP contribution in [0, 0.1) is 16.7 Å². The number of amides is 1. The number of fused-ring (bicyclic) bond motifs is 2. The first-order valence-corrected chi connectivity index (χ1v) is 11.0. The average Bonchev–Trinajstić information content (AvgIpc) is 3.07. The molecule has 0 radical (unpaired) electrons. The van der Waals surface area contributed by atoms with Gasteiger partial charge in [0.25, 0.3) is 0 Å². The van der Waals surface area contributed by atoms with E-state index in [1.165, 1.54) is 11.3 Å². The lowest BCUT2D eigenvalue weighted by Gasteiger charge is -2.58. The lowest BCUT2D eigenvalue weighted by molar-refractivity contribution is -0.149. The third-order valence-electron chi connectivity index (χ3n) is 7.65. The molecule has 0 spiro atoms. The molecule has 2 fully saturated rings. The summed E-state index contributed by atoms with van der Waals surface area (Å²) in [5, 5.41) is 21.5. The normalized spacial score (nSPS) is 38.0. The molecule has 1 aliphatic heterocycles. The Morgan fingerprint density at radius 3 is 2.79 bits per heavy atom. The van der Waals surface area contributed by atoms with Gasteiger partial charge in [0.2, 0.25) is 5.91 Å². The number of thiazole rings is 1. The minimum atomic E-state index is -0.594. The first-order chi connectivity index (χ1) is 13.3. The van der Waals surface area contributed by atoms with E-state index in [0.29, 0.717) is 44.3 Å². The number of nitrogens with two attached hydrogens (primary N) is 1. The Hall–Kier alpha value is -1.22. The zero-order valence-corrected chi connectivity index (χ0v) is 17.5. The number of carbonyl (C=O) groups is 1. The van der Waals surface area contributed by atoms with E-state index >= 15 is 0 Å². The van der Waals surface area contributed by atoms with Gasteiger partial charge >= 0.3 is 0 Å². The van der Waals surface area contributed by atoms with Crippen LogP contribution in [-0.4, -0.2) is 65.0 Å². The van der Waals surface area contributed by atoms with Crippen molar-refractivity contribution >= 4 is 22.4 Å². The lowest BCUT2D eigenvalue weighted by Crippen LogP contribution is -2.58. The highest BCUT2D eigenvalue weighted by Crippen LogP contribution is 2.62. The number of anilines is 1. The van der Waals surface area contributed by atoms with Gasteiger partial charge in [0.05, 0.1) is 31.6 Å². The SMILES string of the molecule is CC1(CO)C(O)CCC2(C)C(CC(=O)N3CCOCC3)c3nc(N)sc3CC12.